The van der Waals surface area contributed by atoms with Gasteiger partial charge in [0.05, 0.1) is 5.56 Å². The molecule has 1 aliphatic rings. The van der Waals surface area contributed by atoms with Crippen LogP contribution < -0.4 is 5.32 Å². The van der Waals surface area contributed by atoms with Gasteiger partial charge in [-0.1, -0.05) is 12.1 Å². The van der Waals surface area contributed by atoms with Crippen molar-refractivity contribution in [2.75, 3.05) is 0 Å². The predicted octanol–water partition coefficient (Wildman–Crippen LogP) is 3.92. The van der Waals surface area contributed by atoms with Gasteiger partial charge in [0.2, 0.25) is 0 Å². The fourth-order valence-corrected chi connectivity index (χ4v) is 2.84. The van der Waals surface area contributed by atoms with E-state index in [-0.39, 0.29) is 17.8 Å². The van der Waals surface area contributed by atoms with Crippen molar-refractivity contribution < 1.29 is 22.4 Å². The molecule has 0 aliphatic heterocycles. The number of alkyl halides is 3. The van der Waals surface area contributed by atoms with Gasteiger partial charge in [-0.3, -0.25) is 9.78 Å². The molecule has 0 radical (unpaired) electrons. The van der Waals surface area contributed by atoms with Crippen molar-refractivity contribution in [2.24, 2.45) is 0 Å². The monoisotopic (exact) mass is 338 g/mol. The Hall–Kier alpha value is -2.44. The predicted molar refractivity (Wildman–Crippen MR) is 78.9 cm³/mol. The Balaban J connectivity index is 1.75. The lowest BCUT2D eigenvalue weighted by molar-refractivity contribution is -0.141. The average molecular weight is 338 g/mol. The zero-order chi connectivity index (χ0) is 17.3. The van der Waals surface area contributed by atoms with Crippen LogP contribution in [0.3, 0.4) is 0 Å². The molecule has 3 rings (SSSR count). The third-order valence-electron chi connectivity index (χ3n) is 4.21. The normalized spacial score (nSPS) is 20.3. The first-order valence-electron chi connectivity index (χ1n) is 7.45. The van der Waals surface area contributed by atoms with E-state index < -0.39 is 23.3 Å². The van der Waals surface area contributed by atoms with Crippen LogP contribution in [0.5, 0.6) is 0 Å². The fraction of sp³-hybridized carbons (Fsp3) is 0.294. The summed E-state index contributed by atoms with van der Waals surface area (Å²) in [6, 6.07) is 8.04. The number of benzene rings is 1. The van der Waals surface area contributed by atoms with Crippen LogP contribution in [0.1, 0.15) is 40.4 Å². The first-order chi connectivity index (χ1) is 11.4. The molecular formula is C17H14F4N2O. The highest BCUT2D eigenvalue weighted by Crippen LogP contribution is 2.37. The SMILES string of the molecule is O=C(N[C@H]1CC[C@H]1c1ccc(F)cc1)c1cccnc1C(F)(F)F. The number of nitrogens with one attached hydrogen (secondary N) is 1. The van der Waals surface area contributed by atoms with Gasteiger partial charge in [0, 0.05) is 18.2 Å². The fourth-order valence-electron chi connectivity index (χ4n) is 2.84. The quantitative estimate of drug-likeness (QED) is 0.862. The molecule has 1 heterocycles. The Morgan fingerprint density at radius 3 is 2.42 bits per heavy atom. The Kier molecular flexibility index (Phi) is 4.26. The summed E-state index contributed by atoms with van der Waals surface area (Å²) in [5.41, 5.74) is -0.829. The molecule has 3 nitrogen and oxygen atoms in total. The molecule has 0 saturated heterocycles. The Morgan fingerprint density at radius 2 is 1.83 bits per heavy atom. The summed E-state index contributed by atoms with van der Waals surface area (Å²) >= 11 is 0. The van der Waals surface area contributed by atoms with Gasteiger partial charge < -0.3 is 5.32 Å². The third-order valence-corrected chi connectivity index (χ3v) is 4.21. The average Bonchev–Trinajstić information content (AvgIpc) is 2.52. The summed E-state index contributed by atoms with van der Waals surface area (Å²) in [6.45, 7) is 0. The molecule has 1 aliphatic carbocycles. The van der Waals surface area contributed by atoms with Crippen LogP contribution in [0.2, 0.25) is 0 Å². The van der Waals surface area contributed by atoms with Crippen molar-refractivity contribution in [1.82, 2.24) is 10.3 Å². The van der Waals surface area contributed by atoms with E-state index in [9.17, 15) is 22.4 Å². The Labute approximate surface area is 135 Å². The molecule has 0 bridgehead atoms. The van der Waals surface area contributed by atoms with Gasteiger partial charge >= 0.3 is 6.18 Å². The highest BCUT2D eigenvalue weighted by molar-refractivity contribution is 5.95. The number of rotatable bonds is 3. The van der Waals surface area contributed by atoms with Gasteiger partial charge in [-0.15, -0.1) is 0 Å². The molecule has 1 saturated carbocycles. The largest absolute Gasteiger partial charge is 0.434 e. The van der Waals surface area contributed by atoms with Crippen molar-refractivity contribution in [1.29, 1.82) is 0 Å². The summed E-state index contributed by atoms with van der Waals surface area (Å²) in [4.78, 5) is 15.5. The maximum absolute atomic E-state index is 13.0. The molecule has 24 heavy (non-hydrogen) atoms. The number of pyridine rings is 1. The number of aromatic nitrogens is 1. The second-order valence-electron chi connectivity index (χ2n) is 5.71. The molecule has 2 aromatic rings. The zero-order valence-electron chi connectivity index (χ0n) is 12.5. The standard InChI is InChI=1S/C17H14F4N2O/c18-11-5-3-10(4-6-11)12-7-8-14(12)23-16(24)13-2-1-9-22-15(13)17(19,20)21/h1-6,9,12,14H,7-8H2,(H,23,24)/t12-,14-/m0/s1. The maximum atomic E-state index is 13.0. The van der Waals surface area contributed by atoms with Crippen LogP contribution in [-0.4, -0.2) is 16.9 Å². The van der Waals surface area contributed by atoms with Crippen LogP contribution >= 0.6 is 0 Å². The minimum Gasteiger partial charge on any atom is -0.349 e. The number of hydrogen-bond acceptors (Lipinski definition) is 2. The Bertz CT molecular complexity index is 743. The second kappa shape index (κ2) is 6.22. The van der Waals surface area contributed by atoms with Crippen LogP contribution in [0.15, 0.2) is 42.6 Å². The topological polar surface area (TPSA) is 42.0 Å². The highest BCUT2D eigenvalue weighted by atomic mass is 19.4. The van der Waals surface area contributed by atoms with Crippen molar-refractivity contribution in [3.05, 3.63) is 65.2 Å². The summed E-state index contributed by atoms with van der Waals surface area (Å²) in [5.74, 6) is -1.18. The molecule has 1 N–H and O–H groups in total. The molecule has 0 spiro atoms. The van der Waals surface area contributed by atoms with Crippen LogP contribution in [0.4, 0.5) is 17.6 Å². The van der Waals surface area contributed by atoms with E-state index in [0.717, 1.165) is 24.2 Å². The van der Waals surface area contributed by atoms with Gasteiger partial charge in [0.25, 0.3) is 5.91 Å². The van der Waals surface area contributed by atoms with Crippen molar-refractivity contribution >= 4 is 5.91 Å². The molecule has 7 heteroatoms. The van der Waals surface area contributed by atoms with Crippen molar-refractivity contribution in [3.63, 3.8) is 0 Å². The highest BCUT2D eigenvalue weighted by Gasteiger charge is 2.39. The van der Waals surface area contributed by atoms with E-state index in [1.165, 1.54) is 18.2 Å². The minimum atomic E-state index is -4.69. The van der Waals surface area contributed by atoms with E-state index in [0.29, 0.717) is 6.42 Å². The molecular weight excluding hydrogens is 324 g/mol. The van der Waals surface area contributed by atoms with E-state index >= 15 is 0 Å². The number of nitrogens with zero attached hydrogens (tertiary/aromatic N) is 1. The van der Waals surface area contributed by atoms with E-state index in [1.807, 2.05) is 0 Å². The molecule has 1 aromatic heterocycles. The lowest BCUT2D eigenvalue weighted by atomic mass is 9.75. The van der Waals surface area contributed by atoms with Crippen LogP contribution in [-0.2, 0) is 6.18 Å². The van der Waals surface area contributed by atoms with Gasteiger partial charge in [-0.05, 0) is 42.7 Å². The van der Waals surface area contributed by atoms with Crippen LogP contribution in [0, 0.1) is 5.82 Å². The third kappa shape index (κ3) is 3.25. The van der Waals surface area contributed by atoms with Crippen LogP contribution in [0.25, 0.3) is 0 Å². The van der Waals surface area contributed by atoms with Gasteiger partial charge in [-0.2, -0.15) is 13.2 Å². The number of amides is 1. The summed E-state index contributed by atoms with van der Waals surface area (Å²) in [5, 5.41) is 2.64. The molecule has 1 aromatic carbocycles. The zero-order valence-corrected chi connectivity index (χ0v) is 12.5. The van der Waals surface area contributed by atoms with Crippen molar-refractivity contribution in [2.45, 2.75) is 31.0 Å². The number of hydrogen-bond donors (Lipinski definition) is 1. The molecule has 126 valence electrons. The van der Waals surface area contributed by atoms with E-state index in [2.05, 4.69) is 10.3 Å². The second-order valence-corrected chi connectivity index (χ2v) is 5.71. The van der Waals surface area contributed by atoms with Gasteiger partial charge in [0.1, 0.15) is 5.82 Å². The molecule has 2 atom stereocenters. The number of carbonyl (C=O) groups is 1. The molecule has 1 fully saturated rings. The molecule has 1 amide bonds. The van der Waals surface area contributed by atoms with E-state index in [4.69, 9.17) is 0 Å². The Morgan fingerprint density at radius 1 is 1.12 bits per heavy atom. The van der Waals surface area contributed by atoms with Gasteiger partial charge in [0.15, 0.2) is 5.69 Å². The first-order valence-corrected chi connectivity index (χ1v) is 7.45. The lowest BCUT2D eigenvalue weighted by Gasteiger charge is -2.37. The van der Waals surface area contributed by atoms with Gasteiger partial charge in [-0.25, -0.2) is 4.39 Å². The number of halogens is 4. The smallest absolute Gasteiger partial charge is 0.349 e. The number of carbonyl (C=O) groups excluding carboxylic acids is 1. The van der Waals surface area contributed by atoms with Crippen molar-refractivity contribution in [3.8, 4) is 0 Å². The summed E-state index contributed by atoms with van der Waals surface area (Å²) in [6.07, 6.45) is -2.24. The first kappa shape index (κ1) is 16.4. The van der Waals surface area contributed by atoms with E-state index in [1.54, 1.807) is 12.1 Å². The lowest BCUT2D eigenvalue weighted by Crippen LogP contribution is -2.45. The minimum absolute atomic E-state index is 0.0273. The summed E-state index contributed by atoms with van der Waals surface area (Å²) in [7, 11) is 0. The molecule has 0 unspecified atom stereocenters. The maximum Gasteiger partial charge on any atom is 0.434 e. The summed E-state index contributed by atoms with van der Waals surface area (Å²) < 4.78 is 51.8.